The summed E-state index contributed by atoms with van der Waals surface area (Å²) >= 11 is 0. The first-order valence-corrected chi connectivity index (χ1v) is 13.6. The van der Waals surface area contributed by atoms with E-state index in [4.69, 9.17) is 9.47 Å². The number of amides is 2. The smallest absolute Gasteiger partial charge is 0.249 e. The summed E-state index contributed by atoms with van der Waals surface area (Å²) in [6, 6.07) is 17.7. The van der Waals surface area contributed by atoms with Crippen LogP contribution in [0.4, 0.5) is 5.69 Å². The predicted molar refractivity (Wildman–Crippen MR) is 154 cm³/mol. The number of ether oxygens (including phenoxy) is 2. The van der Waals surface area contributed by atoms with Crippen LogP contribution in [0.25, 0.3) is 11.0 Å². The van der Waals surface area contributed by atoms with E-state index >= 15 is 0 Å². The topological polar surface area (TPSA) is 98.6 Å². The largest absolute Gasteiger partial charge is 0.497 e. The minimum Gasteiger partial charge on any atom is -0.497 e. The highest BCUT2D eigenvalue weighted by atomic mass is 16.5. The molecule has 1 saturated carbocycles. The highest BCUT2D eigenvalue weighted by molar-refractivity contribution is 6.03. The van der Waals surface area contributed by atoms with Gasteiger partial charge in [0, 0.05) is 11.6 Å². The van der Waals surface area contributed by atoms with Gasteiger partial charge < -0.3 is 14.8 Å². The zero-order valence-corrected chi connectivity index (χ0v) is 23.4. The number of hydrogen-bond acceptors (Lipinski definition) is 6. The molecule has 2 amide bonds. The number of benzene rings is 3. The maximum absolute atomic E-state index is 14.5. The van der Waals surface area contributed by atoms with E-state index in [9.17, 15) is 9.59 Å². The number of carbonyl (C=O) groups is 2. The van der Waals surface area contributed by atoms with E-state index in [1.807, 2.05) is 56.3 Å². The summed E-state index contributed by atoms with van der Waals surface area (Å²) in [7, 11) is 3.13. The Balaban J connectivity index is 1.68. The molecular weight excluding hydrogens is 506 g/mol. The molecule has 0 saturated heterocycles. The molecule has 1 aliphatic carbocycles. The van der Waals surface area contributed by atoms with E-state index in [0.29, 0.717) is 28.3 Å². The monoisotopic (exact) mass is 541 g/mol. The molecule has 1 N–H and O–H groups in total. The standard InChI is InChI=1S/C31H35N5O4/c1-20-10-9-11-21(2)29(20)36(28(37)19-35-26-15-8-7-14-25(26)33-34-35)30(31(38)32-22-12-5-6-13-22)24-18-23(39-3)16-17-27(24)40-4/h7-11,14-18,22,30H,5-6,12-13,19H2,1-4H3,(H,32,38)/t30-/m1/s1. The van der Waals surface area contributed by atoms with Gasteiger partial charge in [-0.25, -0.2) is 4.68 Å². The van der Waals surface area contributed by atoms with Crippen LogP contribution in [0.2, 0.25) is 0 Å². The van der Waals surface area contributed by atoms with Crippen LogP contribution in [-0.4, -0.2) is 47.1 Å². The summed E-state index contributed by atoms with van der Waals surface area (Å²) in [5.41, 5.74) is 4.39. The molecule has 1 fully saturated rings. The first-order chi connectivity index (χ1) is 19.4. The second-order valence-corrected chi connectivity index (χ2v) is 10.2. The second-order valence-electron chi connectivity index (χ2n) is 10.2. The van der Waals surface area contributed by atoms with Crippen molar-refractivity contribution in [2.45, 2.75) is 58.2 Å². The number of nitrogens with zero attached hydrogens (tertiary/aromatic N) is 4. The fourth-order valence-corrected chi connectivity index (χ4v) is 5.62. The lowest BCUT2D eigenvalue weighted by atomic mass is 9.98. The van der Waals surface area contributed by atoms with Crippen LogP contribution in [0.15, 0.2) is 60.7 Å². The fraction of sp³-hybridized carbons (Fsp3) is 0.355. The van der Waals surface area contributed by atoms with E-state index in [1.54, 1.807) is 42.0 Å². The maximum atomic E-state index is 14.5. The van der Waals surface area contributed by atoms with Gasteiger partial charge in [0.1, 0.15) is 29.6 Å². The van der Waals surface area contributed by atoms with Crippen molar-refractivity contribution in [3.8, 4) is 11.5 Å². The van der Waals surface area contributed by atoms with Crippen molar-refractivity contribution < 1.29 is 19.1 Å². The molecule has 4 aromatic rings. The average Bonchev–Trinajstić information content (AvgIpc) is 3.62. The number of methoxy groups -OCH3 is 2. The van der Waals surface area contributed by atoms with Gasteiger partial charge in [-0.05, 0) is 68.1 Å². The molecule has 0 unspecified atom stereocenters. The third kappa shape index (κ3) is 5.36. The van der Waals surface area contributed by atoms with Gasteiger partial charge in [-0.15, -0.1) is 5.10 Å². The van der Waals surface area contributed by atoms with E-state index < -0.39 is 6.04 Å². The quantitative estimate of drug-likeness (QED) is 0.324. The maximum Gasteiger partial charge on any atom is 0.249 e. The van der Waals surface area contributed by atoms with Crippen LogP contribution < -0.4 is 19.7 Å². The summed E-state index contributed by atoms with van der Waals surface area (Å²) in [6.07, 6.45) is 3.96. The highest BCUT2D eigenvalue weighted by Crippen LogP contribution is 2.39. The molecule has 9 heteroatoms. The lowest BCUT2D eigenvalue weighted by Crippen LogP contribution is -2.48. The number of aryl methyl sites for hydroxylation is 2. The Morgan fingerprint density at radius 2 is 1.73 bits per heavy atom. The van der Waals surface area contributed by atoms with Gasteiger partial charge in [0.2, 0.25) is 11.8 Å². The third-order valence-corrected chi connectivity index (χ3v) is 7.59. The lowest BCUT2D eigenvalue weighted by Gasteiger charge is -2.35. The van der Waals surface area contributed by atoms with Crippen molar-refractivity contribution in [2.75, 3.05) is 19.1 Å². The van der Waals surface area contributed by atoms with Crippen molar-refractivity contribution in [1.82, 2.24) is 20.3 Å². The first-order valence-electron chi connectivity index (χ1n) is 13.6. The molecule has 0 spiro atoms. The van der Waals surface area contributed by atoms with Crippen molar-refractivity contribution in [3.05, 3.63) is 77.4 Å². The molecule has 40 heavy (non-hydrogen) atoms. The first kappa shape index (κ1) is 27.2. The Labute approximate surface area is 234 Å². The van der Waals surface area contributed by atoms with Gasteiger partial charge in [-0.1, -0.05) is 48.4 Å². The van der Waals surface area contributed by atoms with Crippen LogP contribution >= 0.6 is 0 Å². The third-order valence-electron chi connectivity index (χ3n) is 7.59. The average molecular weight is 542 g/mol. The molecule has 0 bridgehead atoms. The number of nitrogens with one attached hydrogen (secondary N) is 1. The van der Waals surface area contributed by atoms with Crippen LogP contribution in [0.1, 0.15) is 48.4 Å². The molecule has 1 atom stereocenters. The van der Waals surface area contributed by atoms with Gasteiger partial charge >= 0.3 is 0 Å². The number of aromatic nitrogens is 3. The van der Waals surface area contributed by atoms with Gasteiger partial charge in [-0.3, -0.25) is 14.5 Å². The van der Waals surface area contributed by atoms with Gasteiger partial charge in [-0.2, -0.15) is 0 Å². The molecule has 3 aromatic carbocycles. The van der Waals surface area contributed by atoms with Crippen LogP contribution in [0.3, 0.4) is 0 Å². The predicted octanol–water partition coefficient (Wildman–Crippen LogP) is 4.90. The number of para-hydroxylation sites is 2. The molecule has 0 radical (unpaired) electrons. The van der Waals surface area contributed by atoms with E-state index in [2.05, 4.69) is 15.6 Å². The van der Waals surface area contributed by atoms with Crippen LogP contribution in [0, 0.1) is 13.8 Å². The summed E-state index contributed by atoms with van der Waals surface area (Å²) in [6.45, 7) is 3.79. The molecule has 208 valence electrons. The number of hydrogen-bond donors (Lipinski definition) is 1. The molecule has 1 heterocycles. The van der Waals surface area contributed by atoms with Gasteiger partial charge in [0.25, 0.3) is 0 Å². The molecule has 1 aromatic heterocycles. The molecular formula is C31H35N5O4. The molecule has 1 aliphatic rings. The highest BCUT2D eigenvalue weighted by Gasteiger charge is 2.38. The molecule has 9 nitrogen and oxygen atoms in total. The number of anilines is 1. The van der Waals surface area contributed by atoms with E-state index in [-0.39, 0.29) is 24.4 Å². The Morgan fingerprint density at radius 3 is 2.42 bits per heavy atom. The summed E-state index contributed by atoms with van der Waals surface area (Å²) in [5.74, 6) is 0.482. The molecule has 5 rings (SSSR count). The van der Waals surface area contributed by atoms with E-state index in [1.165, 1.54) is 0 Å². The van der Waals surface area contributed by atoms with Crippen LogP contribution in [0.5, 0.6) is 11.5 Å². The van der Waals surface area contributed by atoms with Crippen molar-refractivity contribution >= 4 is 28.5 Å². The number of carbonyl (C=O) groups excluding carboxylic acids is 2. The van der Waals surface area contributed by atoms with Crippen molar-refractivity contribution in [3.63, 3.8) is 0 Å². The Morgan fingerprint density at radius 1 is 1.00 bits per heavy atom. The zero-order chi connectivity index (χ0) is 28.2. The lowest BCUT2D eigenvalue weighted by molar-refractivity contribution is -0.127. The normalized spacial score (nSPS) is 14.2. The number of fused-ring (bicyclic) bond motifs is 1. The minimum atomic E-state index is -1.02. The minimum absolute atomic E-state index is 0.0563. The fourth-order valence-electron chi connectivity index (χ4n) is 5.62. The Kier molecular flexibility index (Phi) is 8.00. The summed E-state index contributed by atoms with van der Waals surface area (Å²) < 4.78 is 12.8. The summed E-state index contributed by atoms with van der Waals surface area (Å²) in [4.78, 5) is 30.3. The second kappa shape index (κ2) is 11.8. The summed E-state index contributed by atoms with van der Waals surface area (Å²) in [5, 5.41) is 11.7. The van der Waals surface area contributed by atoms with Gasteiger partial charge in [0.05, 0.1) is 25.4 Å². The Bertz CT molecular complexity index is 1510. The number of rotatable bonds is 9. The Hall–Kier alpha value is -4.40. The van der Waals surface area contributed by atoms with Crippen molar-refractivity contribution in [2.24, 2.45) is 0 Å². The van der Waals surface area contributed by atoms with E-state index in [0.717, 1.165) is 42.3 Å². The van der Waals surface area contributed by atoms with Gasteiger partial charge in [0.15, 0.2) is 0 Å². The zero-order valence-electron chi connectivity index (χ0n) is 23.4. The van der Waals surface area contributed by atoms with Crippen LogP contribution in [-0.2, 0) is 16.1 Å². The SMILES string of the molecule is COc1ccc(OC)c([C@H](C(=O)NC2CCCC2)N(C(=O)Cn2nnc3ccccc32)c2c(C)cccc2C)c1. The van der Waals surface area contributed by atoms with Crippen molar-refractivity contribution in [1.29, 1.82) is 0 Å². The molecule has 0 aliphatic heterocycles.